The molecule has 2 saturated heterocycles. The number of phosphoric acid groups is 1. The summed E-state index contributed by atoms with van der Waals surface area (Å²) in [4.78, 5) is 35.8. The predicted octanol–water partition coefficient (Wildman–Crippen LogP) is 1.64. The van der Waals surface area contributed by atoms with Crippen molar-refractivity contribution in [2.24, 2.45) is 5.92 Å². The highest BCUT2D eigenvalue weighted by molar-refractivity contribution is 8.54. The third-order valence-corrected chi connectivity index (χ3v) is 12.9. The number of phosphoric ester groups is 1. The van der Waals surface area contributed by atoms with E-state index in [2.05, 4.69) is 29.9 Å². The maximum Gasteiger partial charge on any atom is 0.475 e. The summed E-state index contributed by atoms with van der Waals surface area (Å²) in [5.41, 5.74) is 11.9. The Morgan fingerprint density at radius 1 is 1.02 bits per heavy atom. The molecule has 2 aliphatic rings. The lowest BCUT2D eigenvalue weighted by molar-refractivity contribution is -0.0514. The first-order valence-corrected chi connectivity index (χ1v) is 19.7. The van der Waals surface area contributed by atoms with Crippen molar-refractivity contribution >= 4 is 60.1 Å². The van der Waals surface area contributed by atoms with E-state index in [9.17, 15) is 19.0 Å². The minimum Gasteiger partial charge on any atom is -0.389 e. The fourth-order valence-electron chi connectivity index (χ4n) is 5.72. The lowest BCUT2D eigenvalue weighted by atomic mass is 9.98. The first-order valence-electron chi connectivity index (χ1n) is 14.8. The summed E-state index contributed by atoms with van der Waals surface area (Å²) in [6, 6.07) is -0.761. The van der Waals surface area contributed by atoms with Crippen molar-refractivity contribution in [2.75, 3.05) is 51.8 Å². The molecule has 6 N–H and O–H groups in total. The highest BCUT2D eigenvalue weighted by atomic mass is 32.7. The van der Waals surface area contributed by atoms with E-state index in [1.807, 2.05) is 0 Å². The smallest absolute Gasteiger partial charge is 0.389 e. The monoisotopic (exact) mass is 746 g/mol. The summed E-state index contributed by atoms with van der Waals surface area (Å²) < 4.78 is 71.6. The number of aromatic nitrogens is 8. The molecule has 4 aromatic rings. The first kappa shape index (κ1) is 35.8. The summed E-state index contributed by atoms with van der Waals surface area (Å²) in [5.74, 6) is -0.434. The Bertz CT molecular complexity index is 1960. The van der Waals surface area contributed by atoms with Crippen LogP contribution in [0.4, 0.5) is 11.8 Å². The van der Waals surface area contributed by atoms with E-state index in [0.717, 1.165) is 18.5 Å². The Hall–Kier alpha value is -3.01. The van der Waals surface area contributed by atoms with Crippen molar-refractivity contribution < 1.29 is 46.3 Å². The number of rotatable bonds is 5. The van der Waals surface area contributed by atoms with Gasteiger partial charge in [-0.1, -0.05) is 6.92 Å². The second-order valence-corrected chi connectivity index (χ2v) is 17.3. The van der Waals surface area contributed by atoms with Gasteiger partial charge in [-0.15, -0.1) is 0 Å². The van der Waals surface area contributed by atoms with E-state index < -0.39 is 69.4 Å². The maximum absolute atomic E-state index is 14.0. The topological polar surface area (TPSA) is 278 Å². The van der Waals surface area contributed by atoms with E-state index in [4.69, 9.17) is 43.6 Å². The standard InChI is InChI=1S/C25H36N10O11P2S/c1-12-5-13(34-10-30-16-20(26)28-9-29-21(16)34)14(36)7-43-48(39,49-4)44-8-15-18(40-2)19(46-47(38,41-3)42-6-12)24(45-15)35-11-31-17-22(35)32-25(27)33-23(17)37/h9-15,18-19,24,36H,5-8H2,1-4H3,(H2,26,28,29)(H3,27,32,33,37)/t12?,13-,14-,15-,18-,19-,24-,47-,48-/m1/s1. The van der Waals surface area contributed by atoms with Crippen LogP contribution in [-0.4, -0.2) is 109 Å². The van der Waals surface area contributed by atoms with Crippen LogP contribution >= 0.6 is 26.0 Å². The van der Waals surface area contributed by atoms with Crippen molar-refractivity contribution in [1.29, 1.82) is 0 Å². The van der Waals surface area contributed by atoms with Gasteiger partial charge in [0, 0.05) is 14.2 Å². The minimum atomic E-state index is -4.37. The zero-order chi connectivity index (χ0) is 35.1. The molecule has 9 atom stereocenters. The highest BCUT2D eigenvalue weighted by Gasteiger charge is 2.52. The van der Waals surface area contributed by atoms with Gasteiger partial charge in [-0.25, -0.2) is 29.1 Å². The average molecular weight is 747 g/mol. The van der Waals surface area contributed by atoms with Gasteiger partial charge < -0.3 is 30.6 Å². The van der Waals surface area contributed by atoms with E-state index in [0.29, 0.717) is 11.2 Å². The number of fused-ring (bicyclic) bond motifs is 4. The number of aliphatic hydroxyl groups excluding tert-OH is 1. The normalized spacial score (nSPS) is 33.7. The minimum absolute atomic E-state index is 0.0427. The SMILES string of the molecule is CO[C@H]1[C@H]2O[P@](=O)(OC)OCC(C)C[C@@H](n3cnc4c(N)ncnc43)[C@H](O)CO[P@@](=O)(SC)OC[C@H]1O[C@H]2n1cnc2c(=O)[nH]c(N)nc21. The lowest BCUT2D eigenvalue weighted by Crippen LogP contribution is -2.37. The molecule has 0 saturated carbocycles. The van der Waals surface area contributed by atoms with Crippen molar-refractivity contribution in [1.82, 2.24) is 39.0 Å². The second-order valence-electron chi connectivity index (χ2n) is 11.3. The van der Waals surface area contributed by atoms with Crippen LogP contribution in [0.1, 0.15) is 25.6 Å². The van der Waals surface area contributed by atoms with Gasteiger partial charge in [-0.3, -0.25) is 37.0 Å². The fourth-order valence-corrected chi connectivity index (χ4v) is 8.88. The number of hydrogen-bond donors (Lipinski definition) is 4. The molecule has 24 heteroatoms. The molecule has 2 aliphatic heterocycles. The Kier molecular flexibility index (Phi) is 10.5. The van der Waals surface area contributed by atoms with Crippen LogP contribution in [0.25, 0.3) is 22.3 Å². The molecular weight excluding hydrogens is 710 g/mol. The fraction of sp³-hybridized carbons (Fsp3) is 0.600. The van der Waals surface area contributed by atoms with E-state index >= 15 is 0 Å². The van der Waals surface area contributed by atoms with E-state index in [-0.39, 0.29) is 42.6 Å². The number of aliphatic hydroxyl groups is 1. The number of methoxy groups -OCH3 is 1. The summed E-state index contributed by atoms with van der Waals surface area (Å²) in [5, 5.41) is 11.5. The molecule has 0 radical (unpaired) electrons. The molecule has 1 unspecified atom stereocenters. The highest BCUT2D eigenvalue weighted by Crippen LogP contribution is 2.60. The van der Waals surface area contributed by atoms with Gasteiger partial charge in [0.2, 0.25) is 5.95 Å². The molecule has 4 aromatic heterocycles. The summed E-state index contributed by atoms with van der Waals surface area (Å²) in [7, 11) is -1.84. The quantitative estimate of drug-likeness (QED) is 0.211. The number of H-pyrrole nitrogens is 1. The number of ether oxygens (including phenoxy) is 2. The van der Waals surface area contributed by atoms with Crippen LogP contribution < -0.4 is 17.0 Å². The van der Waals surface area contributed by atoms with E-state index in [1.165, 1.54) is 36.9 Å². The molecule has 21 nitrogen and oxygen atoms in total. The van der Waals surface area contributed by atoms with Crippen LogP contribution in [0.15, 0.2) is 23.8 Å². The van der Waals surface area contributed by atoms with Gasteiger partial charge in [0.1, 0.15) is 30.2 Å². The molecule has 6 heterocycles. The zero-order valence-electron chi connectivity index (χ0n) is 26.7. The van der Waals surface area contributed by atoms with E-state index in [1.54, 1.807) is 11.5 Å². The van der Waals surface area contributed by atoms with Gasteiger partial charge >= 0.3 is 14.6 Å². The van der Waals surface area contributed by atoms with Gasteiger partial charge in [0.15, 0.2) is 28.9 Å². The summed E-state index contributed by atoms with van der Waals surface area (Å²) >= 11 is 0.818. The Morgan fingerprint density at radius 2 is 1.76 bits per heavy atom. The Balaban J connectivity index is 1.37. The molecule has 0 spiro atoms. The molecule has 49 heavy (non-hydrogen) atoms. The average Bonchev–Trinajstić information content (AvgIpc) is 3.79. The van der Waals surface area contributed by atoms with Gasteiger partial charge in [0.25, 0.3) is 5.56 Å². The first-order chi connectivity index (χ1) is 23.4. The van der Waals surface area contributed by atoms with Crippen LogP contribution in [0.3, 0.4) is 0 Å². The van der Waals surface area contributed by atoms with Gasteiger partial charge in [-0.2, -0.15) is 4.98 Å². The molecule has 0 aliphatic carbocycles. The van der Waals surface area contributed by atoms with Crippen LogP contribution in [0, 0.1) is 5.92 Å². The van der Waals surface area contributed by atoms with Crippen molar-refractivity contribution in [3.63, 3.8) is 0 Å². The largest absolute Gasteiger partial charge is 0.475 e. The van der Waals surface area contributed by atoms with Gasteiger partial charge in [-0.05, 0) is 30.0 Å². The van der Waals surface area contributed by atoms with Crippen LogP contribution in [-0.2, 0) is 41.2 Å². The number of anilines is 2. The number of aromatic amines is 1. The molecule has 268 valence electrons. The second kappa shape index (κ2) is 14.3. The lowest BCUT2D eigenvalue weighted by Gasteiger charge is -2.30. The molecule has 2 fully saturated rings. The number of imidazole rings is 2. The number of nitrogens with two attached hydrogens (primary N) is 2. The molecule has 0 aromatic carbocycles. The molecule has 2 bridgehead atoms. The van der Waals surface area contributed by atoms with Crippen molar-refractivity contribution in [2.45, 2.75) is 50.0 Å². The summed E-state index contributed by atoms with van der Waals surface area (Å²) in [6.07, 6.45) is 0.0157. The molecule has 0 amide bonds. The summed E-state index contributed by atoms with van der Waals surface area (Å²) in [6.45, 7) is -3.07. The number of nitrogens with one attached hydrogen (secondary N) is 1. The molecule has 6 rings (SSSR count). The van der Waals surface area contributed by atoms with Gasteiger partial charge in [0.05, 0.1) is 44.6 Å². The number of nitrogen functional groups attached to an aromatic ring is 2. The predicted molar refractivity (Wildman–Crippen MR) is 174 cm³/mol. The third-order valence-electron chi connectivity index (χ3n) is 8.13. The maximum atomic E-state index is 14.0. The number of nitrogens with zero attached hydrogens (tertiary/aromatic N) is 7. The van der Waals surface area contributed by atoms with Crippen molar-refractivity contribution in [3.8, 4) is 0 Å². The molecular formula is C25H36N10O11P2S. The van der Waals surface area contributed by atoms with Crippen molar-refractivity contribution in [3.05, 3.63) is 29.3 Å². The van der Waals surface area contributed by atoms with Crippen LogP contribution in [0.5, 0.6) is 0 Å². The third kappa shape index (κ3) is 7.13. The Labute approximate surface area is 282 Å². The Morgan fingerprint density at radius 3 is 2.49 bits per heavy atom. The number of hydrogen-bond acceptors (Lipinski definition) is 19. The zero-order valence-corrected chi connectivity index (χ0v) is 29.3. The van der Waals surface area contributed by atoms with Crippen LogP contribution in [0.2, 0.25) is 0 Å².